The third-order valence-corrected chi connectivity index (χ3v) is 4.05. The SMILES string of the molecule is COc1cccc(C(Sc2ncccn2)C(C)N)c1. The van der Waals surface area contributed by atoms with Crippen LogP contribution in [0.1, 0.15) is 17.7 Å². The molecule has 19 heavy (non-hydrogen) atoms. The van der Waals surface area contributed by atoms with Crippen molar-refractivity contribution in [3.05, 3.63) is 48.3 Å². The van der Waals surface area contributed by atoms with Gasteiger partial charge in [-0.05, 0) is 30.7 Å². The fourth-order valence-corrected chi connectivity index (χ4v) is 2.73. The number of benzene rings is 1. The first kappa shape index (κ1) is 13.8. The molecule has 5 heteroatoms. The summed E-state index contributed by atoms with van der Waals surface area (Å²) < 4.78 is 5.25. The fourth-order valence-electron chi connectivity index (χ4n) is 1.76. The summed E-state index contributed by atoms with van der Waals surface area (Å²) in [6, 6.07) is 9.73. The maximum absolute atomic E-state index is 6.09. The zero-order chi connectivity index (χ0) is 13.7. The van der Waals surface area contributed by atoms with Gasteiger partial charge in [-0.2, -0.15) is 0 Å². The van der Waals surface area contributed by atoms with Crippen LogP contribution in [0.4, 0.5) is 0 Å². The molecular formula is C14H17N3OS. The summed E-state index contributed by atoms with van der Waals surface area (Å²) in [5, 5.41) is 0.824. The monoisotopic (exact) mass is 275 g/mol. The number of rotatable bonds is 5. The first-order valence-electron chi connectivity index (χ1n) is 6.04. The van der Waals surface area contributed by atoms with E-state index in [1.165, 1.54) is 0 Å². The Morgan fingerprint density at radius 1 is 1.21 bits per heavy atom. The molecule has 2 unspecified atom stereocenters. The Bertz CT molecular complexity index is 519. The summed E-state index contributed by atoms with van der Waals surface area (Å²) in [5.74, 6) is 0.831. The van der Waals surface area contributed by atoms with E-state index in [1.807, 2.05) is 31.2 Å². The quantitative estimate of drug-likeness (QED) is 0.671. The first-order valence-corrected chi connectivity index (χ1v) is 6.92. The van der Waals surface area contributed by atoms with Gasteiger partial charge in [-0.25, -0.2) is 9.97 Å². The van der Waals surface area contributed by atoms with Gasteiger partial charge in [-0.15, -0.1) is 0 Å². The maximum Gasteiger partial charge on any atom is 0.188 e. The Hall–Kier alpha value is -1.59. The molecule has 100 valence electrons. The van der Waals surface area contributed by atoms with E-state index in [0.717, 1.165) is 16.5 Å². The predicted octanol–water partition coefficient (Wildman–Crippen LogP) is 2.67. The highest BCUT2D eigenvalue weighted by Crippen LogP contribution is 2.36. The van der Waals surface area contributed by atoms with Crippen LogP contribution in [0.5, 0.6) is 5.75 Å². The van der Waals surface area contributed by atoms with Gasteiger partial charge >= 0.3 is 0 Å². The molecule has 0 aliphatic rings. The van der Waals surface area contributed by atoms with Crippen LogP contribution in [0, 0.1) is 0 Å². The van der Waals surface area contributed by atoms with Crippen LogP contribution in [0.15, 0.2) is 47.9 Å². The minimum atomic E-state index is -0.0130. The van der Waals surface area contributed by atoms with Crippen molar-refractivity contribution in [2.75, 3.05) is 7.11 Å². The number of hydrogen-bond donors (Lipinski definition) is 1. The Balaban J connectivity index is 2.24. The Morgan fingerprint density at radius 2 is 1.95 bits per heavy atom. The molecule has 2 atom stereocenters. The third kappa shape index (κ3) is 3.68. The molecular weight excluding hydrogens is 258 g/mol. The zero-order valence-corrected chi connectivity index (χ0v) is 11.8. The van der Waals surface area contributed by atoms with Crippen LogP contribution < -0.4 is 10.5 Å². The van der Waals surface area contributed by atoms with Crippen LogP contribution >= 0.6 is 11.8 Å². The lowest BCUT2D eigenvalue weighted by atomic mass is 10.1. The lowest BCUT2D eigenvalue weighted by molar-refractivity contribution is 0.414. The average Bonchev–Trinajstić information content (AvgIpc) is 2.45. The summed E-state index contributed by atoms with van der Waals surface area (Å²) in [6.45, 7) is 1.99. The number of methoxy groups -OCH3 is 1. The standard InChI is InChI=1S/C14H17N3OS/c1-10(15)13(19-14-16-7-4-8-17-14)11-5-3-6-12(9-11)18-2/h3-10,13H,15H2,1-2H3. The molecule has 0 aliphatic carbocycles. The van der Waals surface area contributed by atoms with E-state index in [0.29, 0.717) is 0 Å². The molecule has 1 heterocycles. The summed E-state index contributed by atoms with van der Waals surface area (Å²) in [4.78, 5) is 8.47. The topological polar surface area (TPSA) is 61.0 Å². The van der Waals surface area contributed by atoms with Crippen LogP contribution in [0.3, 0.4) is 0 Å². The van der Waals surface area contributed by atoms with Crippen molar-refractivity contribution in [2.24, 2.45) is 5.73 Å². The van der Waals surface area contributed by atoms with Crippen molar-refractivity contribution in [3.63, 3.8) is 0 Å². The zero-order valence-electron chi connectivity index (χ0n) is 11.0. The minimum absolute atomic E-state index is 0.0130. The maximum atomic E-state index is 6.09. The Labute approximate surface area is 117 Å². The molecule has 0 aliphatic heterocycles. The number of hydrogen-bond acceptors (Lipinski definition) is 5. The molecule has 2 rings (SSSR count). The number of nitrogens with two attached hydrogens (primary N) is 1. The lowest BCUT2D eigenvalue weighted by Crippen LogP contribution is -2.22. The molecule has 2 N–H and O–H groups in total. The van der Waals surface area contributed by atoms with Crippen molar-refractivity contribution in [3.8, 4) is 5.75 Å². The number of nitrogens with zero attached hydrogens (tertiary/aromatic N) is 2. The molecule has 2 aromatic rings. The van der Waals surface area contributed by atoms with Crippen molar-refractivity contribution in [1.29, 1.82) is 0 Å². The summed E-state index contributed by atoms with van der Waals surface area (Å²) in [5.41, 5.74) is 7.21. The van der Waals surface area contributed by atoms with E-state index in [9.17, 15) is 0 Å². The number of ether oxygens (including phenoxy) is 1. The highest BCUT2D eigenvalue weighted by atomic mass is 32.2. The highest BCUT2D eigenvalue weighted by molar-refractivity contribution is 7.99. The molecule has 4 nitrogen and oxygen atoms in total. The largest absolute Gasteiger partial charge is 0.497 e. The molecule has 1 aromatic carbocycles. The van der Waals surface area contributed by atoms with E-state index >= 15 is 0 Å². The summed E-state index contributed by atoms with van der Waals surface area (Å²) in [7, 11) is 1.66. The van der Waals surface area contributed by atoms with Crippen LogP contribution in [0.2, 0.25) is 0 Å². The molecule has 0 fully saturated rings. The van der Waals surface area contributed by atoms with Gasteiger partial charge in [0.25, 0.3) is 0 Å². The van der Waals surface area contributed by atoms with Crippen molar-refractivity contribution >= 4 is 11.8 Å². The lowest BCUT2D eigenvalue weighted by Gasteiger charge is -2.20. The second-order valence-electron chi connectivity index (χ2n) is 4.21. The number of thioether (sulfide) groups is 1. The highest BCUT2D eigenvalue weighted by Gasteiger charge is 2.19. The van der Waals surface area contributed by atoms with E-state index in [1.54, 1.807) is 37.3 Å². The van der Waals surface area contributed by atoms with Gasteiger partial charge in [0.2, 0.25) is 0 Å². The van der Waals surface area contributed by atoms with Crippen LogP contribution in [-0.4, -0.2) is 23.1 Å². The van der Waals surface area contributed by atoms with Gasteiger partial charge < -0.3 is 10.5 Å². The Morgan fingerprint density at radius 3 is 2.58 bits per heavy atom. The number of aromatic nitrogens is 2. The molecule has 0 saturated carbocycles. The molecule has 0 amide bonds. The van der Waals surface area contributed by atoms with Gasteiger partial charge in [-0.3, -0.25) is 0 Å². The van der Waals surface area contributed by atoms with E-state index < -0.39 is 0 Å². The van der Waals surface area contributed by atoms with Gasteiger partial charge in [0.1, 0.15) is 5.75 Å². The summed E-state index contributed by atoms with van der Waals surface area (Å²) >= 11 is 1.57. The summed E-state index contributed by atoms with van der Waals surface area (Å²) in [6.07, 6.45) is 3.47. The van der Waals surface area contributed by atoms with Crippen LogP contribution in [0.25, 0.3) is 0 Å². The van der Waals surface area contributed by atoms with Crippen molar-refractivity contribution in [2.45, 2.75) is 23.4 Å². The molecule has 0 saturated heterocycles. The van der Waals surface area contributed by atoms with E-state index in [-0.39, 0.29) is 11.3 Å². The molecule has 0 spiro atoms. The van der Waals surface area contributed by atoms with Crippen molar-refractivity contribution in [1.82, 2.24) is 9.97 Å². The van der Waals surface area contributed by atoms with Gasteiger partial charge in [0, 0.05) is 18.4 Å². The van der Waals surface area contributed by atoms with E-state index in [2.05, 4.69) is 9.97 Å². The van der Waals surface area contributed by atoms with Crippen molar-refractivity contribution < 1.29 is 4.74 Å². The normalized spacial score (nSPS) is 13.8. The minimum Gasteiger partial charge on any atom is -0.497 e. The van der Waals surface area contributed by atoms with Crippen LogP contribution in [-0.2, 0) is 0 Å². The fraction of sp³-hybridized carbons (Fsp3) is 0.286. The average molecular weight is 275 g/mol. The first-order chi connectivity index (χ1) is 9.20. The molecule has 0 bridgehead atoms. The second kappa shape index (κ2) is 6.54. The van der Waals surface area contributed by atoms with Gasteiger partial charge in [0.05, 0.1) is 12.4 Å². The molecule has 1 aromatic heterocycles. The second-order valence-corrected chi connectivity index (χ2v) is 5.31. The van der Waals surface area contributed by atoms with Gasteiger partial charge in [-0.1, -0.05) is 23.9 Å². The molecule has 0 radical (unpaired) electrons. The predicted molar refractivity (Wildman–Crippen MR) is 77.3 cm³/mol. The van der Waals surface area contributed by atoms with Gasteiger partial charge in [0.15, 0.2) is 5.16 Å². The Kier molecular flexibility index (Phi) is 4.76. The third-order valence-electron chi connectivity index (χ3n) is 2.67. The smallest absolute Gasteiger partial charge is 0.188 e. The van der Waals surface area contributed by atoms with E-state index in [4.69, 9.17) is 10.5 Å².